The molecule has 0 saturated carbocycles. The number of hydrogen-bond donors (Lipinski definition) is 0. The Kier molecular flexibility index (Phi) is 2.60. The first kappa shape index (κ1) is 9.61. The molecule has 0 N–H and O–H groups in total. The number of anilines is 1. The van der Waals surface area contributed by atoms with Crippen LogP contribution in [0.5, 0.6) is 0 Å². The maximum atomic E-state index is 3.04. The van der Waals surface area contributed by atoms with Gasteiger partial charge in [-0.3, -0.25) is 0 Å². The van der Waals surface area contributed by atoms with E-state index in [9.17, 15) is 0 Å². The van der Waals surface area contributed by atoms with Crippen LogP contribution in [-0.2, 0) is 0 Å². The molecule has 0 amide bonds. The van der Waals surface area contributed by atoms with E-state index in [1.807, 2.05) is 18.9 Å². The van der Waals surface area contributed by atoms with Gasteiger partial charge in [0.05, 0.1) is 5.69 Å². The summed E-state index contributed by atoms with van der Waals surface area (Å²) >= 11 is 0. The molecule has 0 unspecified atom stereocenters. The van der Waals surface area contributed by atoms with Gasteiger partial charge < -0.3 is 4.90 Å². The Labute approximate surface area is 90.3 Å². The first-order chi connectivity index (χ1) is 7.33. The molecule has 0 atom stereocenters. The van der Waals surface area contributed by atoms with Gasteiger partial charge in [0.25, 0.3) is 0 Å². The van der Waals surface area contributed by atoms with Gasteiger partial charge in [0, 0.05) is 18.5 Å². The van der Waals surface area contributed by atoms with E-state index in [0.29, 0.717) is 0 Å². The van der Waals surface area contributed by atoms with Crippen molar-refractivity contribution in [2.75, 3.05) is 11.9 Å². The van der Waals surface area contributed by atoms with Gasteiger partial charge in [-0.05, 0) is 18.4 Å². The van der Waals surface area contributed by atoms with Gasteiger partial charge in [-0.1, -0.05) is 42.3 Å². The zero-order valence-corrected chi connectivity index (χ0v) is 8.99. The standard InChI is InChI=1S/C14H13N/c1-3-11-15(2)14-10-6-8-12-7-4-5-9-13(12)14/h4-10H,1-2H3. The Morgan fingerprint density at radius 2 is 1.73 bits per heavy atom. The van der Waals surface area contributed by atoms with Gasteiger partial charge in [-0.25, -0.2) is 0 Å². The zero-order valence-electron chi connectivity index (χ0n) is 8.99. The number of fused-ring (bicyclic) bond motifs is 1. The van der Waals surface area contributed by atoms with Crippen LogP contribution in [0.3, 0.4) is 0 Å². The molecule has 0 aliphatic carbocycles. The van der Waals surface area contributed by atoms with Crippen molar-refractivity contribution >= 4 is 16.5 Å². The first-order valence-electron chi connectivity index (χ1n) is 4.97. The smallest absolute Gasteiger partial charge is 0.0564 e. The predicted octanol–water partition coefficient (Wildman–Crippen LogP) is 3.26. The minimum atomic E-state index is 1.16. The molecule has 2 rings (SSSR count). The minimum absolute atomic E-state index is 1.16. The predicted molar refractivity (Wildman–Crippen MR) is 65.8 cm³/mol. The summed E-state index contributed by atoms with van der Waals surface area (Å²) < 4.78 is 0. The summed E-state index contributed by atoms with van der Waals surface area (Å²) in [6.07, 6.45) is 0. The highest BCUT2D eigenvalue weighted by Gasteiger charge is 2.02. The lowest BCUT2D eigenvalue weighted by Gasteiger charge is -2.13. The van der Waals surface area contributed by atoms with Crippen molar-refractivity contribution in [3.8, 4) is 12.0 Å². The highest BCUT2D eigenvalue weighted by atomic mass is 15.1. The number of hydrogen-bond acceptors (Lipinski definition) is 1. The quantitative estimate of drug-likeness (QED) is 0.498. The van der Waals surface area contributed by atoms with Crippen LogP contribution in [0.4, 0.5) is 5.69 Å². The van der Waals surface area contributed by atoms with Crippen LogP contribution in [0.25, 0.3) is 10.8 Å². The molecule has 2 aromatic carbocycles. The van der Waals surface area contributed by atoms with E-state index in [0.717, 1.165) is 5.69 Å². The van der Waals surface area contributed by atoms with Gasteiger partial charge in [0.15, 0.2) is 0 Å². The van der Waals surface area contributed by atoms with Gasteiger partial charge >= 0.3 is 0 Å². The first-order valence-corrected chi connectivity index (χ1v) is 4.97. The second-order valence-corrected chi connectivity index (χ2v) is 3.42. The fraction of sp³-hybridized carbons (Fsp3) is 0.143. The molecule has 74 valence electrons. The van der Waals surface area contributed by atoms with Crippen molar-refractivity contribution in [1.82, 2.24) is 0 Å². The fourth-order valence-electron chi connectivity index (χ4n) is 1.73. The molecule has 0 saturated heterocycles. The Hall–Kier alpha value is -1.94. The van der Waals surface area contributed by atoms with Gasteiger partial charge in [-0.15, -0.1) is 0 Å². The molecule has 1 heteroatoms. The summed E-state index contributed by atoms with van der Waals surface area (Å²) in [6.45, 7) is 1.85. The lowest BCUT2D eigenvalue weighted by atomic mass is 10.1. The van der Waals surface area contributed by atoms with Crippen LogP contribution in [0.15, 0.2) is 42.5 Å². The van der Waals surface area contributed by atoms with Crippen molar-refractivity contribution < 1.29 is 0 Å². The SMILES string of the molecule is CC#CN(C)c1cccc2ccccc12. The van der Waals surface area contributed by atoms with Crippen molar-refractivity contribution in [1.29, 1.82) is 0 Å². The topological polar surface area (TPSA) is 3.24 Å². The second kappa shape index (κ2) is 4.06. The summed E-state index contributed by atoms with van der Waals surface area (Å²) in [5.74, 6) is 2.91. The number of benzene rings is 2. The van der Waals surface area contributed by atoms with Crippen molar-refractivity contribution in [2.24, 2.45) is 0 Å². The molecule has 2 aromatic rings. The largest absolute Gasteiger partial charge is 0.304 e. The molecule has 1 nitrogen and oxygen atoms in total. The maximum Gasteiger partial charge on any atom is 0.0564 e. The summed E-state index contributed by atoms with van der Waals surface area (Å²) in [6, 6.07) is 17.7. The molecule has 0 aliphatic rings. The van der Waals surface area contributed by atoms with E-state index < -0.39 is 0 Å². The molecular formula is C14H13N. The Balaban J connectivity index is 2.63. The fourth-order valence-corrected chi connectivity index (χ4v) is 1.73. The van der Waals surface area contributed by atoms with E-state index in [2.05, 4.69) is 54.4 Å². The highest BCUT2D eigenvalue weighted by molar-refractivity contribution is 5.94. The summed E-state index contributed by atoms with van der Waals surface area (Å²) in [4.78, 5) is 1.96. The van der Waals surface area contributed by atoms with Gasteiger partial charge in [0.1, 0.15) is 0 Å². The molecule has 0 heterocycles. The molecule has 0 bridgehead atoms. The van der Waals surface area contributed by atoms with Crippen LogP contribution in [-0.4, -0.2) is 7.05 Å². The molecule has 0 radical (unpaired) electrons. The van der Waals surface area contributed by atoms with E-state index in [1.54, 1.807) is 0 Å². The third kappa shape index (κ3) is 1.80. The Bertz CT molecular complexity index is 526. The Morgan fingerprint density at radius 1 is 1.00 bits per heavy atom. The molecule has 0 fully saturated rings. The molecule has 15 heavy (non-hydrogen) atoms. The second-order valence-electron chi connectivity index (χ2n) is 3.42. The monoisotopic (exact) mass is 195 g/mol. The maximum absolute atomic E-state index is 3.04. The average molecular weight is 195 g/mol. The normalized spacial score (nSPS) is 9.47. The number of nitrogens with zero attached hydrogens (tertiary/aromatic N) is 1. The lowest BCUT2D eigenvalue weighted by molar-refractivity contribution is 1.26. The minimum Gasteiger partial charge on any atom is -0.304 e. The van der Waals surface area contributed by atoms with Crippen LogP contribution in [0.1, 0.15) is 6.92 Å². The molecule has 0 spiro atoms. The van der Waals surface area contributed by atoms with Gasteiger partial charge in [0.2, 0.25) is 0 Å². The Morgan fingerprint density at radius 3 is 2.53 bits per heavy atom. The molecular weight excluding hydrogens is 182 g/mol. The van der Waals surface area contributed by atoms with E-state index in [4.69, 9.17) is 0 Å². The van der Waals surface area contributed by atoms with Crippen molar-refractivity contribution in [2.45, 2.75) is 6.92 Å². The van der Waals surface area contributed by atoms with Crippen LogP contribution in [0, 0.1) is 12.0 Å². The third-order valence-corrected chi connectivity index (χ3v) is 2.41. The average Bonchev–Trinajstić information content (AvgIpc) is 2.28. The summed E-state index contributed by atoms with van der Waals surface area (Å²) in [5, 5.41) is 2.49. The van der Waals surface area contributed by atoms with Gasteiger partial charge in [-0.2, -0.15) is 0 Å². The van der Waals surface area contributed by atoms with Crippen LogP contribution >= 0.6 is 0 Å². The molecule has 0 aromatic heterocycles. The third-order valence-electron chi connectivity index (χ3n) is 2.41. The van der Waals surface area contributed by atoms with E-state index >= 15 is 0 Å². The lowest BCUT2D eigenvalue weighted by Crippen LogP contribution is -2.08. The molecule has 0 aliphatic heterocycles. The van der Waals surface area contributed by atoms with Crippen LogP contribution in [0.2, 0.25) is 0 Å². The van der Waals surface area contributed by atoms with E-state index in [-0.39, 0.29) is 0 Å². The zero-order chi connectivity index (χ0) is 10.7. The van der Waals surface area contributed by atoms with Crippen molar-refractivity contribution in [3.63, 3.8) is 0 Å². The van der Waals surface area contributed by atoms with Crippen molar-refractivity contribution in [3.05, 3.63) is 42.5 Å². The van der Waals surface area contributed by atoms with Crippen LogP contribution < -0.4 is 4.90 Å². The summed E-state index contributed by atoms with van der Waals surface area (Å²) in [5.41, 5.74) is 1.16. The highest BCUT2D eigenvalue weighted by Crippen LogP contribution is 2.25. The summed E-state index contributed by atoms with van der Waals surface area (Å²) in [7, 11) is 1.98. The number of rotatable bonds is 1. The van der Waals surface area contributed by atoms with E-state index in [1.165, 1.54) is 10.8 Å².